The molecule has 2 aromatic heterocycles. The van der Waals surface area contributed by atoms with Crippen LogP contribution in [-0.2, 0) is 16.9 Å². The van der Waals surface area contributed by atoms with E-state index in [1.54, 1.807) is 24.4 Å². The summed E-state index contributed by atoms with van der Waals surface area (Å²) in [6.45, 7) is 0.201. The lowest BCUT2D eigenvalue weighted by Gasteiger charge is -2.29. The molecule has 0 radical (unpaired) electrons. The number of urea groups is 1. The van der Waals surface area contributed by atoms with Gasteiger partial charge < -0.3 is 24.3 Å². The Morgan fingerprint density at radius 1 is 1.05 bits per heavy atom. The molecule has 1 atom stereocenters. The normalized spacial score (nSPS) is 18.5. The maximum absolute atomic E-state index is 13.2. The van der Waals surface area contributed by atoms with Gasteiger partial charge in [0.2, 0.25) is 0 Å². The fraction of sp³-hybridized carbons (Fsp3) is 0.214. The summed E-state index contributed by atoms with van der Waals surface area (Å²) in [5.74, 6) is 0.837. The van der Waals surface area contributed by atoms with Crippen molar-refractivity contribution < 1.29 is 23.5 Å². The highest BCUT2D eigenvalue weighted by atomic mass is 16.5. The maximum atomic E-state index is 13.2. The van der Waals surface area contributed by atoms with Crippen molar-refractivity contribution in [1.82, 2.24) is 20.5 Å². The van der Waals surface area contributed by atoms with Crippen LogP contribution in [0.25, 0.3) is 22.1 Å². The van der Waals surface area contributed by atoms with Gasteiger partial charge in [-0.1, -0.05) is 12.1 Å². The molecular formula is C28H25N5O5. The lowest BCUT2D eigenvalue weighted by molar-refractivity contribution is -0.125. The zero-order chi connectivity index (χ0) is 26.6. The van der Waals surface area contributed by atoms with Gasteiger partial charge in [-0.15, -0.1) is 0 Å². The van der Waals surface area contributed by atoms with Crippen molar-refractivity contribution in [2.75, 3.05) is 32.6 Å². The van der Waals surface area contributed by atoms with E-state index in [0.717, 1.165) is 27.9 Å². The minimum absolute atomic E-state index is 0.0942. The van der Waals surface area contributed by atoms with Crippen molar-refractivity contribution in [1.29, 1.82) is 0 Å². The minimum atomic E-state index is -1.58. The molecule has 2 aliphatic heterocycles. The SMILES string of the molecule is COc1ccc2c(c1)C(=O)N(CC1(c3cc4cc(-c5ccc(N(C)C)nc5)ccc4o3)NC(=O)NC1=O)C2. The summed E-state index contributed by atoms with van der Waals surface area (Å²) in [6, 6.07) is 16.0. The third kappa shape index (κ3) is 3.73. The summed E-state index contributed by atoms with van der Waals surface area (Å²) in [7, 11) is 5.40. The Bertz CT molecular complexity index is 1610. The van der Waals surface area contributed by atoms with Gasteiger partial charge in [0, 0.05) is 43.4 Å². The topological polar surface area (TPSA) is 117 Å². The van der Waals surface area contributed by atoms with Gasteiger partial charge in [-0.2, -0.15) is 0 Å². The molecule has 2 aromatic carbocycles. The van der Waals surface area contributed by atoms with Crippen molar-refractivity contribution in [2.45, 2.75) is 12.1 Å². The lowest BCUT2D eigenvalue weighted by Crippen LogP contribution is -2.52. The van der Waals surface area contributed by atoms with E-state index in [-0.39, 0.29) is 18.2 Å². The predicted octanol–water partition coefficient (Wildman–Crippen LogP) is 3.26. The number of nitrogens with zero attached hydrogens (tertiary/aromatic N) is 3. The number of aromatic nitrogens is 1. The average Bonchev–Trinajstić information content (AvgIpc) is 3.57. The molecule has 4 heterocycles. The minimum Gasteiger partial charge on any atom is -0.497 e. The molecule has 1 unspecified atom stereocenters. The van der Waals surface area contributed by atoms with Crippen molar-refractivity contribution in [2.24, 2.45) is 0 Å². The number of pyridine rings is 1. The number of anilines is 1. The van der Waals surface area contributed by atoms with Crippen LogP contribution >= 0.6 is 0 Å². The smallest absolute Gasteiger partial charge is 0.322 e. The molecule has 4 amide bonds. The molecule has 1 fully saturated rings. The summed E-state index contributed by atoms with van der Waals surface area (Å²) in [5.41, 5.74) is 2.16. The number of rotatable bonds is 6. The van der Waals surface area contributed by atoms with Crippen molar-refractivity contribution in [3.8, 4) is 16.9 Å². The molecule has 0 aliphatic carbocycles. The van der Waals surface area contributed by atoms with Crippen molar-refractivity contribution in [3.63, 3.8) is 0 Å². The molecule has 0 spiro atoms. The molecular weight excluding hydrogens is 486 g/mol. The first kappa shape index (κ1) is 23.5. The number of nitrogens with one attached hydrogen (secondary N) is 2. The largest absolute Gasteiger partial charge is 0.497 e. The fourth-order valence-corrected chi connectivity index (χ4v) is 4.99. The molecule has 1 saturated heterocycles. The second-order valence-electron chi connectivity index (χ2n) is 9.66. The number of benzene rings is 2. The van der Waals surface area contributed by atoms with Crippen LogP contribution in [0.2, 0.25) is 0 Å². The van der Waals surface area contributed by atoms with Crippen LogP contribution in [0.4, 0.5) is 10.6 Å². The Hall–Kier alpha value is -4.86. The van der Waals surface area contributed by atoms with E-state index < -0.39 is 17.5 Å². The molecule has 10 nitrogen and oxygen atoms in total. The number of carbonyl (C=O) groups excluding carboxylic acids is 3. The number of furan rings is 1. The fourth-order valence-electron chi connectivity index (χ4n) is 4.99. The molecule has 2 N–H and O–H groups in total. The van der Waals surface area contributed by atoms with E-state index in [0.29, 0.717) is 23.4 Å². The zero-order valence-corrected chi connectivity index (χ0v) is 21.1. The zero-order valence-electron chi connectivity index (χ0n) is 21.1. The van der Waals surface area contributed by atoms with E-state index >= 15 is 0 Å². The standard InChI is InChI=1S/C28H25N5O5/c1-32(2)24-9-6-17(13-29-24)16-5-8-22-19(10-16)11-23(38-22)28(26(35)30-27(36)31-28)15-33-14-18-4-7-20(37-3)12-21(18)25(33)34/h4-13H,14-15H2,1-3H3,(H2,30,31,35,36). The van der Waals surface area contributed by atoms with Gasteiger partial charge in [-0.25, -0.2) is 9.78 Å². The number of amides is 4. The number of carbonyl (C=O) groups is 3. The monoisotopic (exact) mass is 511 g/mol. The molecule has 0 bridgehead atoms. The van der Waals surface area contributed by atoms with Gasteiger partial charge in [0.15, 0.2) is 5.54 Å². The molecule has 6 rings (SSSR count). The Morgan fingerprint density at radius 3 is 2.55 bits per heavy atom. The first-order valence-corrected chi connectivity index (χ1v) is 12.0. The summed E-state index contributed by atoms with van der Waals surface area (Å²) >= 11 is 0. The molecule has 10 heteroatoms. The van der Waals surface area contributed by atoms with Gasteiger partial charge in [0.05, 0.1) is 13.7 Å². The predicted molar refractivity (Wildman–Crippen MR) is 140 cm³/mol. The average molecular weight is 512 g/mol. The number of imide groups is 1. The Balaban J connectivity index is 1.35. The molecule has 38 heavy (non-hydrogen) atoms. The van der Waals surface area contributed by atoms with Crippen LogP contribution in [0.1, 0.15) is 21.7 Å². The third-order valence-electron chi connectivity index (χ3n) is 7.04. The first-order chi connectivity index (χ1) is 18.3. The molecule has 0 saturated carbocycles. The van der Waals surface area contributed by atoms with E-state index in [9.17, 15) is 14.4 Å². The molecule has 192 valence electrons. The van der Waals surface area contributed by atoms with Crippen LogP contribution in [0.15, 0.2) is 65.2 Å². The summed E-state index contributed by atoms with van der Waals surface area (Å²) < 4.78 is 11.4. The van der Waals surface area contributed by atoms with Gasteiger partial charge in [0.25, 0.3) is 11.8 Å². The van der Waals surface area contributed by atoms with Gasteiger partial charge in [-0.3, -0.25) is 14.9 Å². The van der Waals surface area contributed by atoms with Crippen LogP contribution in [0.3, 0.4) is 0 Å². The highest BCUT2D eigenvalue weighted by Gasteiger charge is 2.53. The van der Waals surface area contributed by atoms with E-state index in [1.165, 1.54) is 12.0 Å². The van der Waals surface area contributed by atoms with Gasteiger partial charge >= 0.3 is 6.03 Å². The van der Waals surface area contributed by atoms with Gasteiger partial charge in [0.1, 0.15) is 22.9 Å². The quantitative estimate of drug-likeness (QED) is 0.382. The van der Waals surface area contributed by atoms with E-state index in [1.807, 2.05) is 55.4 Å². The van der Waals surface area contributed by atoms with Crippen LogP contribution in [0.5, 0.6) is 5.75 Å². The number of hydrogen-bond acceptors (Lipinski definition) is 7. The lowest BCUT2D eigenvalue weighted by atomic mass is 9.95. The number of ether oxygens (including phenoxy) is 1. The second kappa shape index (κ2) is 8.62. The van der Waals surface area contributed by atoms with Crippen molar-refractivity contribution in [3.05, 3.63) is 77.7 Å². The summed E-state index contributed by atoms with van der Waals surface area (Å²) in [4.78, 5) is 46.7. The van der Waals surface area contributed by atoms with Crippen LogP contribution in [0, 0.1) is 0 Å². The number of fused-ring (bicyclic) bond motifs is 2. The number of methoxy groups -OCH3 is 1. The highest BCUT2D eigenvalue weighted by molar-refractivity contribution is 6.08. The maximum Gasteiger partial charge on any atom is 0.322 e. The Morgan fingerprint density at radius 2 is 1.87 bits per heavy atom. The van der Waals surface area contributed by atoms with E-state index in [2.05, 4.69) is 15.6 Å². The summed E-state index contributed by atoms with van der Waals surface area (Å²) in [6.07, 6.45) is 1.80. The Labute approximate surface area is 218 Å². The molecule has 2 aliphatic rings. The van der Waals surface area contributed by atoms with Gasteiger partial charge in [-0.05, 0) is 53.6 Å². The van der Waals surface area contributed by atoms with E-state index in [4.69, 9.17) is 9.15 Å². The highest BCUT2D eigenvalue weighted by Crippen LogP contribution is 2.36. The van der Waals surface area contributed by atoms with Crippen molar-refractivity contribution >= 4 is 34.6 Å². The van der Waals surface area contributed by atoms with Crippen LogP contribution < -0.4 is 20.3 Å². The first-order valence-electron chi connectivity index (χ1n) is 12.0. The third-order valence-corrected chi connectivity index (χ3v) is 7.04. The second-order valence-corrected chi connectivity index (χ2v) is 9.66. The summed E-state index contributed by atoms with van der Waals surface area (Å²) in [5, 5.41) is 5.79. The number of hydrogen-bond donors (Lipinski definition) is 2. The van der Waals surface area contributed by atoms with Crippen LogP contribution in [-0.4, -0.2) is 55.5 Å². The molecule has 4 aromatic rings. The Kier molecular flexibility index (Phi) is 5.34.